The second-order valence-corrected chi connectivity index (χ2v) is 5.45. The summed E-state index contributed by atoms with van der Waals surface area (Å²) in [7, 11) is 3.30. The fourth-order valence-electron chi connectivity index (χ4n) is 1.95. The number of carbonyl (C=O) groups excluding carboxylic acids is 2. The van der Waals surface area contributed by atoms with E-state index in [1.807, 2.05) is 31.2 Å². The molecule has 118 valence electrons. The monoisotopic (exact) mass is 301 g/mol. The van der Waals surface area contributed by atoms with Gasteiger partial charge < -0.3 is 15.1 Å². The Morgan fingerprint density at radius 3 is 2.36 bits per heavy atom. The number of terminal acetylenes is 1. The standard InChI is InChI=1S/C17H23N3O2/c1-6-11-20(12-15-9-7-13(2)8-10-15)17(22)18-14(3)16(21)19(4)5/h1,7-10,14H,11-12H2,2-5H3,(H,18,22)/t14-/m1/s1. The molecule has 0 fully saturated rings. The van der Waals surface area contributed by atoms with Crippen molar-refractivity contribution in [3.05, 3.63) is 35.4 Å². The van der Waals surface area contributed by atoms with Crippen molar-refractivity contribution in [3.63, 3.8) is 0 Å². The Balaban J connectivity index is 2.73. The number of nitrogens with one attached hydrogen (secondary N) is 1. The van der Waals surface area contributed by atoms with Gasteiger partial charge in [0.05, 0.1) is 6.54 Å². The maximum atomic E-state index is 12.3. The van der Waals surface area contributed by atoms with E-state index in [4.69, 9.17) is 6.42 Å². The van der Waals surface area contributed by atoms with E-state index in [1.54, 1.807) is 21.0 Å². The first kappa shape index (κ1) is 17.6. The molecule has 5 heteroatoms. The highest BCUT2D eigenvalue weighted by Gasteiger charge is 2.20. The largest absolute Gasteiger partial charge is 0.347 e. The molecule has 0 spiro atoms. The van der Waals surface area contributed by atoms with Crippen molar-refractivity contribution < 1.29 is 9.59 Å². The topological polar surface area (TPSA) is 52.7 Å². The number of likely N-dealkylation sites (N-methyl/N-ethyl adjacent to an activating group) is 1. The predicted octanol–water partition coefficient (Wildman–Crippen LogP) is 1.62. The van der Waals surface area contributed by atoms with Gasteiger partial charge in [0.15, 0.2) is 0 Å². The number of hydrogen-bond donors (Lipinski definition) is 1. The quantitative estimate of drug-likeness (QED) is 0.840. The Bertz CT molecular complexity index is 558. The van der Waals surface area contributed by atoms with E-state index in [0.717, 1.165) is 11.1 Å². The van der Waals surface area contributed by atoms with Crippen molar-refractivity contribution in [3.8, 4) is 12.3 Å². The van der Waals surface area contributed by atoms with Crippen LogP contribution in [-0.4, -0.2) is 48.4 Å². The lowest BCUT2D eigenvalue weighted by molar-refractivity contribution is -0.130. The van der Waals surface area contributed by atoms with Gasteiger partial charge in [-0.25, -0.2) is 4.79 Å². The van der Waals surface area contributed by atoms with Gasteiger partial charge in [-0.05, 0) is 19.4 Å². The zero-order chi connectivity index (χ0) is 16.7. The first-order chi connectivity index (χ1) is 10.3. The predicted molar refractivity (Wildman–Crippen MR) is 87.1 cm³/mol. The van der Waals surface area contributed by atoms with E-state index >= 15 is 0 Å². The average molecular weight is 301 g/mol. The summed E-state index contributed by atoms with van der Waals surface area (Å²) in [5.74, 6) is 2.31. The molecule has 0 radical (unpaired) electrons. The molecule has 0 aliphatic heterocycles. The zero-order valence-corrected chi connectivity index (χ0v) is 13.6. The minimum absolute atomic E-state index is 0.163. The maximum absolute atomic E-state index is 12.3. The number of rotatable bonds is 5. The van der Waals surface area contributed by atoms with E-state index in [9.17, 15) is 9.59 Å². The summed E-state index contributed by atoms with van der Waals surface area (Å²) in [6, 6.07) is 6.95. The summed E-state index contributed by atoms with van der Waals surface area (Å²) in [5, 5.41) is 2.68. The fraction of sp³-hybridized carbons (Fsp3) is 0.412. The van der Waals surface area contributed by atoms with Gasteiger partial charge in [0.1, 0.15) is 6.04 Å². The number of carbonyl (C=O) groups is 2. The minimum Gasteiger partial charge on any atom is -0.347 e. The molecular formula is C17H23N3O2. The second kappa shape index (κ2) is 8.08. The van der Waals surface area contributed by atoms with Crippen molar-refractivity contribution in [1.82, 2.24) is 15.1 Å². The van der Waals surface area contributed by atoms with Crippen molar-refractivity contribution in [2.24, 2.45) is 0 Å². The molecular weight excluding hydrogens is 278 g/mol. The van der Waals surface area contributed by atoms with Crippen LogP contribution in [0.4, 0.5) is 4.79 Å². The first-order valence-electron chi connectivity index (χ1n) is 7.10. The molecule has 0 aromatic heterocycles. The lowest BCUT2D eigenvalue weighted by Gasteiger charge is -2.24. The second-order valence-electron chi connectivity index (χ2n) is 5.45. The highest BCUT2D eigenvalue weighted by atomic mass is 16.2. The number of benzene rings is 1. The molecule has 1 N–H and O–H groups in total. The van der Waals surface area contributed by atoms with Crippen molar-refractivity contribution >= 4 is 11.9 Å². The molecule has 0 heterocycles. The average Bonchev–Trinajstić information content (AvgIpc) is 2.47. The van der Waals surface area contributed by atoms with Crippen molar-refractivity contribution in [1.29, 1.82) is 0 Å². The van der Waals surface area contributed by atoms with Gasteiger partial charge in [0.2, 0.25) is 5.91 Å². The van der Waals surface area contributed by atoms with E-state index in [-0.39, 0.29) is 18.5 Å². The lowest BCUT2D eigenvalue weighted by Crippen LogP contribution is -2.49. The lowest BCUT2D eigenvalue weighted by atomic mass is 10.1. The molecule has 1 aromatic rings. The minimum atomic E-state index is -0.596. The Kier molecular flexibility index (Phi) is 6.46. The van der Waals surface area contributed by atoms with Gasteiger partial charge in [-0.15, -0.1) is 6.42 Å². The number of hydrogen-bond acceptors (Lipinski definition) is 2. The van der Waals surface area contributed by atoms with E-state index in [1.165, 1.54) is 9.80 Å². The summed E-state index contributed by atoms with van der Waals surface area (Å²) < 4.78 is 0. The summed E-state index contributed by atoms with van der Waals surface area (Å²) in [4.78, 5) is 27.0. The molecule has 0 aliphatic carbocycles. The Morgan fingerprint density at radius 1 is 1.27 bits per heavy atom. The Hall–Kier alpha value is -2.48. The van der Waals surface area contributed by atoms with Gasteiger partial charge in [-0.2, -0.15) is 0 Å². The molecule has 1 aromatic carbocycles. The third kappa shape index (κ3) is 5.13. The van der Waals surface area contributed by atoms with E-state index in [0.29, 0.717) is 6.54 Å². The molecule has 0 saturated carbocycles. The number of urea groups is 1. The SMILES string of the molecule is C#CCN(Cc1ccc(C)cc1)C(=O)N[C@H](C)C(=O)N(C)C. The third-order valence-corrected chi connectivity index (χ3v) is 3.21. The molecule has 0 aliphatic rings. The summed E-state index contributed by atoms with van der Waals surface area (Å²) in [6.07, 6.45) is 5.34. The molecule has 0 saturated heterocycles. The maximum Gasteiger partial charge on any atom is 0.319 e. The van der Waals surface area contributed by atoms with Crippen molar-refractivity contribution in [2.75, 3.05) is 20.6 Å². The van der Waals surface area contributed by atoms with Crippen LogP contribution in [0.25, 0.3) is 0 Å². The molecule has 0 bridgehead atoms. The van der Waals surface area contributed by atoms with Gasteiger partial charge in [-0.1, -0.05) is 35.7 Å². The zero-order valence-electron chi connectivity index (χ0n) is 13.6. The van der Waals surface area contributed by atoms with Crippen LogP contribution >= 0.6 is 0 Å². The van der Waals surface area contributed by atoms with E-state index in [2.05, 4.69) is 11.2 Å². The molecule has 0 unspecified atom stereocenters. The van der Waals surface area contributed by atoms with Gasteiger partial charge in [0.25, 0.3) is 0 Å². The highest BCUT2D eigenvalue weighted by Crippen LogP contribution is 2.07. The van der Waals surface area contributed by atoms with Crippen LogP contribution in [0.2, 0.25) is 0 Å². The van der Waals surface area contributed by atoms with Crippen LogP contribution in [0.3, 0.4) is 0 Å². The highest BCUT2D eigenvalue weighted by molar-refractivity contribution is 5.86. The van der Waals surface area contributed by atoms with Gasteiger partial charge in [0, 0.05) is 20.6 Å². The van der Waals surface area contributed by atoms with E-state index < -0.39 is 6.04 Å². The molecule has 22 heavy (non-hydrogen) atoms. The number of nitrogens with zero attached hydrogens (tertiary/aromatic N) is 2. The normalized spacial score (nSPS) is 11.2. The Morgan fingerprint density at radius 2 is 1.86 bits per heavy atom. The van der Waals surface area contributed by atoms with Crippen LogP contribution in [0.15, 0.2) is 24.3 Å². The molecule has 5 nitrogen and oxygen atoms in total. The third-order valence-electron chi connectivity index (χ3n) is 3.21. The summed E-state index contributed by atoms with van der Waals surface area (Å²) in [6.45, 7) is 4.24. The van der Waals surface area contributed by atoms with Crippen LogP contribution in [0.1, 0.15) is 18.1 Å². The summed E-state index contributed by atoms with van der Waals surface area (Å²) >= 11 is 0. The number of amides is 3. The van der Waals surface area contributed by atoms with Crippen LogP contribution < -0.4 is 5.32 Å². The first-order valence-corrected chi connectivity index (χ1v) is 7.10. The number of aryl methyl sites for hydroxylation is 1. The Labute approximate surface area is 132 Å². The summed E-state index contributed by atoms with van der Waals surface area (Å²) in [5.41, 5.74) is 2.14. The van der Waals surface area contributed by atoms with Crippen LogP contribution in [-0.2, 0) is 11.3 Å². The van der Waals surface area contributed by atoms with Gasteiger partial charge >= 0.3 is 6.03 Å². The van der Waals surface area contributed by atoms with Crippen LogP contribution in [0.5, 0.6) is 0 Å². The van der Waals surface area contributed by atoms with Crippen LogP contribution in [0, 0.1) is 19.3 Å². The van der Waals surface area contributed by atoms with Gasteiger partial charge in [-0.3, -0.25) is 4.79 Å². The molecule has 1 rings (SSSR count). The molecule has 3 amide bonds. The fourth-order valence-corrected chi connectivity index (χ4v) is 1.95. The smallest absolute Gasteiger partial charge is 0.319 e. The van der Waals surface area contributed by atoms with Crippen molar-refractivity contribution in [2.45, 2.75) is 26.4 Å². The molecule has 1 atom stereocenters.